The lowest BCUT2D eigenvalue weighted by Gasteiger charge is -2.14. The van der Waals surface area contributed by atoms with E-state index in [1.54, 1.807) is 0 Å². The SMILES string of the molecule is CC(C)(C)c1csc(Cc2nc(N)ncc2[N+](=O)[O-])n1. The van der Waals surface area contributed by atoms with Crippen LogP contribution in [0.1, 0.15) is 37.2 Å². The molecule has 0 bridgehead atoms. The number of rotatable bonds is 3. The minimum Gasteiger partial charge on any atom is -0.368 e. The van der Waals surface area contributed by atoms with Gasteiger partial charge in [0.05, 0.1) is 15.6 Å². The molecule has 0 aliphatic carbocycles. The Morgan fingerprint density at radius 2 is 2.10 bits per heavy atom. The van der Waals surface area contributed by atoms with Gasteiger partial charge < -0.3 is 5.73 Å². The highest BCUT2D eigenvalue weighted by molar-refractivity contribution is 7.09. The van der Waals surface area contributed by atoms with Gasteiger partial charge in [0.25, 0.3) is 0 Å². The van der Waals surface area contributed by atoms with Crippen LogP contribution in [0.25, 0.3) is 0 Å². The maximum absolute atomic E-state index is 11.0. The molecule has 2 aromatic rings. The van der Waals surface area contributed by atoms with E-state index in [1.165, 1.54) is 11.3 Å². The Morgan fingerprint density at radius 1 is 1.40 bits per heavy atom. The molecule has 20 heavy (non-hydrogen) atoms. The molecule has 0 aliphatic heterocycles. The van der Waals surface area contributed by atoms with Crippen molar-refractivity contribution in [2.24, 2.45) is 0 Å². The summed E-state index contributed by atoms with van der Waals surface area (Å²) in [5.41, 5.74) is 6.56. The van der Waals surface area contributed by atoms with E-state index in [0.29, 0.717) is 0 Å². The summed E-state index contributed by atoms with van der Waals surface area (Å²) in [5, 5.41) is 13.7. The molecule has 0 spiro atoms. The molecule has 7 nitrogen and oxygen atoms in total. The van der Waals surface area contributed by atoms with E-state index in [4.69, 9.17) is 5.73 Å². The summed E-state index contributed by atoms with van der Waals surface area (Å²) in [6.45, 7) is 6.20. The first kappa shape index (κ1) is 14.3. The van der Waals surface area contributed by atoms with Gasteiger partial charge in [-0.15, -0.1) is 11.3 Å². The van der Waals surface area contributed by atoms with Crippen LogP contribution in [-0.4, -0.2) is 19.9 Å². The van der Waals surface area contributed by atoms with Gasteiger partial charge in [0.1, 0.15) is 11.9 Å². The molecule has 0 aromatic carbocycles. The third kappa shape index (κ3) is 3.08. The molecule has 0 unspecified atom stereocenters. The highest BCUT2D eigenvalue weighted by Crippen LogP contribution is 2.26. The summed E-state index contributed by atoms with van der Waals surface area (Å²) in [7, 11) is 0. The molecule has 0 fully saturated rings. The first-order chi connectivity index (χ1) is 9.27. The Morgan fingerprint density at radius 3 is 2.65 bits per heavy atom. The first-order valence-corrected chi connectivity index (χ1v) is 6.86. The van der Waals surface area contributed by atoms with E-state index < -0.39 is 4.92 Å². The van der Waals surface area contributed by atoms with E-state index in [0.717, 1.165) is 16.9 Å². The van der Waals surface area contributed by atoms with Gasteiger partial charge in [-0.1, -0.05) is 20.8 Å². The van der Waals surface area contributed by atoms with Crippen LogP contribution in [0.3, 0.4) is 0 Å². The number of nitro groups is 1. The van der Waals surface area contributed by atoms with E-state index >= 15 is 0 Å². The van der Waals surface area contributed by atoms with E-state index in [1.807, 2.05) is 5.38 Å². The minimum atomic E-state index is -0.507. The Kier molecular flexibility index (Phi) is 3.67. The number of nitrogen functional groups attached to an aromatic ring is 1. The number of hydrogen-bond donors (Lipinski definition) is 1. The van der Waals surface area contributed by atoms with Crippen LogP contribution in [0.2, 0.25) is 0 Å². The van der Waals surface area contributed by atoms with Gasteiger partial charge in [0, 0.05) is 17.2 Å². The fourth-order valence-electron chi connectivity index (χ4n) is 1.59. The van der Waals surface area contributed by atoms with Crippen LogP contribution >= 0.6 is 11.3 Å². The molecule has 0 saturated heterocycles. The van der Waals surface area contributed by atoms with Crippen molar-refractivity contribution in [3.8, 4) is 0 Å². The van der Waals surface area contributed by atoms with Crippen LogP contribution in [0.15, 0.2) is 11.6 Å². The summed E-state index contributed by atoms with van der Waals surface area (Å²) >= 11 is 1.46. The molecule has 0 atom stereocenters. The zero-order valence-corrected chi connectivity index (χ0v) is 12.3. The lowest BCUT2D eigenvalue weighted by molar-refractivity contribution is -0.386. The van der Waals surface area contributed by atoms with Crippen molar-refractivity contribution in [3.63, 3.8) is 0 Å². The van der Waals surface area contributed by atoms with E-state index in [9.17, 15) is 10.1 Å². The zero-order valence-electron chi connectivity index (χ0n) is 11.5. The second-order valence-electron chi connectivity index (χ2n) is 5.37. The topological polar surface area (TPSA) is 108 Å². The lowest BCUT2D eigenvalue weighted by Crippen LogP contribution is -2.11. The third-order valence-electron chi connectivity index (χ3n) is 2.70. The van der Waals surface area contributed by atoms with Gasteiger partial charge in [-0.25, -0.2) is 15.0 Å². The normalized spacial score (nSPS) is 11.6. The average molecular weight is 293 g/mol. The zero-order chi connectivity index (χ0) is 14.9. The van der Waals surface area contributed by atoms with Crippen LogP contribution in [0, 0.1) is 10.1 Å². The Balaban J connectivity index is 2.32. The fourth-order valence-corrected chi connectivity index (χ4v) is 2.61. The lowest BCUT2D eigenvalue weighted by atomic mass is 9.93. The van der Waals surface area contributed by atoms with E-state index in [-0.39, 0.29) is 29.2 Å². The fraction of sp³-hybridized carbons (Fsp3) is 0.417. The number of aromatic nitrogens is 3. The van der Waals surface area contributed by atoms with Crippen molar-refractivity contribution in [1.29, 1.82) is 0 Å². The number of thiazole rings is 1. The van der Waals surface area contributed by atoms with Crippen molar-refractivity contribution >= 4 is 23.0 Å². The molecule has 0 aliphatic rings. The minimum absolute atomic E-state index is 0.0261. The summed E-state index contributed by atoms with van der Waals surface area (Å²) in [6.07, 6.45) is 1.42. The highest BCUT2D eigenvalue weighted by atomic mass is 32.1. The summed E-state index contributed by atoms with van der Waals surface area (Å²) in [5.74, 6) is 0.0261. The second-order valence-corrected chi connectivity index (χ2v) is 6.31. The van der Waals surface area contributed by atoms with Crippen molar-refractivity contribution in [3.05, 3.63) is 38.1 Å². The average Bonchev–Trinajstić information content (AvgIpc) is 2.76. The Bertz CT molecular complexity index is 648. The summed E-state index contributed by atoms with van der Waals surface area (Å²) < 4.78 is 0. The number of nitrogens with two attached hydrogens (primary N) is 1. The number of nitrogens with zero attached hydrogens (tertiary/aromatic N) is 4. The van der Waals surface area contributed by atoms with Gasteiger partial charge in [-0.2, -0.15) is 0 Å². The molecule has 2 aromatic heterocycles. The molecular weight excluding hydrogens is 278 g/mol. The predicted molar refractivity (Wildman–Crippen MR) is 76.7 cm³/mol. The quantitative estimate of drug-likeness (QED) is 0.687. The van der Waals surface area contributed by atoms with Crippen LogP contribution in [0.4, 0.5) is 11.6 Å². The van der Waals surface area contributed by atoms with Gasteiger partial charge in [-0.05, 0) is 0 Å². The van der Waals surface area contributed by atoms with Crippen molar-refractivity contribution in [1.82, 2.24) is 15.0 Å². The highest BCUT2D eigenvalue weighted by Gasteiger charge is 2.21. The molecule has 2 rings (SSSR count). The van der Waals surface area contributed by atoms with Crippen LogP contribution in [0.5, 0.6) is 0 Å². The molecule has 0 amide bonds. The molecule has 0 saturated carbocycles. The summed E-state index contributed by atoms with van der Waals surface area (Å²) in [6, 6.07) is 0. The van der Waals surface area contributed by atoms with Gasteiger partial charge >= 0.3 is 5.69 Å². The van der Waals surface area contributed by atoms with Gasteiger partial charge in [-0.3, -0.25) is 10.1 Å². The Hall–Kier alpha value is -2.09. The van der Waals surface area contributed by atoms with Crippen LogP contribution < -0.4 is 5.73 Å². The largest absolute Gasteiger partial charge is 0.368 e. The molecular formula is C12H15N5O2S. The number of anilines is 1. The van der Waals surface area contributed by atoms with Crippen molar-refractivity contribution in [2.75, 3.05) is 5.73 Å². The standard InChI is InChI=1S/C12H15N5O2S/c1-12(2,3)9-6-20-10(16-9)4-7-8(17(18)19)5-14-11(13)15-7/h5-6H,4H2,1-3H3,(H2,13,14,15). The van der Waals surface area contributed by atoms with Crippen LogP contribution in [-0.2, 0) is 11.8 Å². The smallest absolute Gasteiger partial charge is 0.309 e. The van der Waals surface area contributed by atoms with Gasteiger partial charge in [0.2, 0.25) is 5.95 Å². The molecule has 2 N–H and O–H groups in total. The van der Waals surface area contributed by atoms with Crippen molar-refractivity contribution < 1.29 is 4.92 Å². The first-order valence-electron chi connectivity index (χ1n) is 5.98. The summed E-state index contributed by atoms with van der Waals surface area (Å²) in [4.78, 5) is 22.6. The monoisotopic (exact) mass is 293 g/mol. The third-order valence-corrected chi connectivity index (χ3v) is 3.55. The molecule has 0 radical (unpaired) electrons. The second kappa shape index (κ2) is 5.12. The van der Waals surface area contributed by atoms with Gasteiger partial charge in [0.15, 0.2) is 0 Å². The predicted octanol–water partition coefficient (Wildman–Crippen LogP) is 2.31. The number of hydrogen-bond acceptors (Lipinski definition) is 7. The maximum Gasteiger partial charge on any atom is 0.309 e. The van der Waals surface area contributed by atoms with Crippen molar-refractivity contribution in [2.45, 2.75) is 32.6 Å². The molecule has 2 heterocycles. The Labute approximate surface area is 120 Å². The maximum atomic E-state index is 11.0. The molecule has 8 heteroatoms. The molecule has 106 valence electrons. The van der Waals surface area contributed by atoms with E-state index in [2.05, 4.69) is 35.7 Å².